The van der Waals surface area contributed by atoms with Gasteiger partial charge in [-0.25, -0.2) is 9.48 Å². The van der Waals surface area contributed by atoms with E-state index in [1.54, 1.807) is 21.3 Å². The molecule has 0 spiro atoms. The normalized spacial score (nSPS) is 10.6. The summed E-state index contributed by atoms with van der Waals surface area (Å²) in [7, 11) is 4.87. The first kappa shape index (κ1) is 20.2. The zero-order valence-electron chi connectivity index (χ0n) is 16.7. The van der Waals surface area contributed by atoms with Crippen molar-refractivity contribution in [2.24, 2.45) is 7.05 Å². The molecule has 0 atom stereocenters. The minimum Gasteiger partial charge on any atom is -0.497 e. The zero-order chi connectivity index (χ0) is 20.8. The monoisotopic (exact) mass is 396 g/mol. The predicted octanol–water partition coefficient (Wildman–Crippen LogP) is 1.62. The third kappa shape index (κ3) is 4.84. The van der Waals surface area contributed by atoms with Gasteiger partial charge >= 0.3 is 5.69 Å². The van der Waals surface area contributed by atoms with E-state index in [1.807, 2.05) is 48.5 Å². The van der Waals surface area contributed by atoms with Gasteiger partial charge in [0.2, 0.25) is 5.91 Å². The number of carbonyl (C=O) groups excluding carboxylic acids is 1. The van der Waals surface area contributed by atoms with E-state index in [0.29, 0.717) is 12.4 Å². The zero-order valence-corrected chi connectivity index (χ0v) is 16.7. The van der Waals surface area contributed by atoms with Crippen LogP contribution >= 0.6 is 0 Å². The van der Waals surface area contributed by atoms with Crippen molar-refractivity contribution in [3.63, 3.8) is 0 Å². The number of hydrogen-bond donors (Lipinski definition) is 1. The Morgan fingerprint density at radius 3 is 2.17 bits per heavy atom. The van der Waals surface area contributed by atoms with E-state index in [0.717, 1.165) is 22.6 Å². The third-order valence-corrected chi connectivity index (χ3v) is 4.56. The van der Waals surface area contributed by atoms with Gasteiger partial charge in [-0.3, -0.25) is 9.36 Å². The van der Waals surface area contributed by atoms with E-state index in [4.69, 9.17) is 9.47 Å². The van der Waals surface area contributed by atoms with Crippen LogP contribution in [0.3, 0.4) is 0 Å². The van der Waals surface area contributed by atoms with Crippen LogP contribution in [0.2, 0.25) is 0 Å². The largest absolute Gasteiger partial charge is 0.497 e. The fourth-order valence-electron chi connectivity index (χ4n) is 2.92. The Morgan fingerprint density at radius 2 is 1.59 bits per heavy atom. The molecule has 0 saturated heterocycles. The maximum absolute atomic E-state index is 12.4. The number of amides is 1. The van der Waals surface area contributed by atoms with Gasteiger partial charge in [0.1, 0.15) is 11.5 Å². The molecule has 0 bridgehead atoms. The molecule has 0 fully saturated rings. The van der Waals surface area contributed by atoms with Crippen LogP contribution in [0.4, 0.5) is 0 Å². The highest BCUT2D eigenvalue weighted by molar-refractivity contribution is 5.78. The molecule has 8 nitrogen and oxygen atoms in total. The Labute approximate surface area is 168 Å². The average Bonchev–Trinajstić information content (AvgIpc) is 3.03. The van der Waals surface area contributed by atoms with Crippen molar-refractivity contribution in [1.29, 1.82) is 0 Å². The number of carbonyl (C=O) groups is 1. The molecular weight excluding hydrogens is 372 g/mol. The number of benzene rings is 2. The Bertz CT molecular complexity index is 1020. The average molecular weight is 396 g/mol. The van der Waals surface area contributed by atoms with Gasteiger partial charge in [0.15, 0.2) is 5.82 Å². The van der Waals surface area contributed by atoms with Gasteiger partial charge in [-0.05, 0) is 42.0 Å². The van der Waals surface area contributed by atoms with Gasteiger partial charge in [-0.1, -0.05) is 12.1 Å². The summed E-state index contributed by atoms with van der Waals surface area (Å²) in [6.45, 7) is 0.602. The number of ether oxygens (including phenoxy) is 2. The van der Waals surface area contributed by atoms with Crippen LogP contribution in [-0.4, -0.2) is 41.0 Å². The summed E-state index contributed by atoms with van der Waals surface area (Å²) >= 11 is 0. The molecule has 0 radical (unpaired) electrons. The van der Waals surface area contributed by atoms with Crippen LogP contribution in [0.5, 0.6) is 11.5 Å². The highest BCUT2D eigenvalue weighted by Crippen LogP contribution is 2.19. The van der Waals surface area contributed by atoms with Gasteiger partial charge in [-0.2, -0.15) is 0 Å². The predicted molar refractivity (Wildman–Crippen MR) is 109 cm³/mol. The standard InChI is InChI=1S/C21H24N4O4/c1-24-20(16-6-10-18(29-3)11-7-16)23-25(21(24)27)13-12-22-19(26)14-15-4-8-17(28-2)9-5-15/h4-11H,12-14H2,1-3H3,(H,22,26). The lowest BCUT2D eigenvalue weighted by atomic mass is 10.1. The van der Waals surface area contributed by atoms with Crippen LogP contribution in [-0.2, 0) is 24.8 Å². The lowest BCUT2D eigenvalue weighted by Crippen LogP contribution is -2.32. The minimum atomic E-state index is -0.236. The fourth-order valence-corrected chi connectivity index (χ4v) is 2.92. The van der Waals surface area contributed by atoms with E-state index < -0.39 is 0 Å². The number of aromatic nitrogens is 3. The van der Waals surface area contributed by atoms with Crippen LogP contribution in [0, 0.1) is 0 Å². The van der Waals surface area contributed by atoms with Crippen LogP contribution in [0.25, 0.3) is 11.4 Å². The van der Waals surface area contributed by atoms with Gasteiger partial charge in [0.05, 0.1) is 27.2 Å². The van der Waals surface area contributed by atoms with E-state index in [-0.39, 0.29) is 24.6 Å². The Hall–Kier alpha value is -3.55. The van der Waals surface area contributed by atoms with Crippen LogP contribution in [0.1, 0.15) is 5.56 Å². The summed E-state index contributed by atoms with van der Waals surface area (Å²) in [6.07, 6.45) is 0.262. The Morgan fingerprint density at radius 1 is 1.00 bits per heavy atom. The molecule has 3 rings (SSSR count). The van der Waals surface area contributed by atoms with Crippen molar-refractivity contribution in [2.45, 2.75) is 13.0 Å². The molecule has 2 aromatic carbocycles. The maximum atomic E-state index is 12.4. The highest BCUT2D eigenvalue weighted by Gasteiger charge is 2.12. The van der Waals surface area contributed by atoms with Gasteiger partial charge in [-0.15, -0.1) is 5.10 Å². The molecule has 0 saturated carbocycles. The molecule has 1 amide bonds. The number of methoxy groups -OCH3 is 2. The van der Waals surface area contributed by atoms with Gasteiger partial charge in [0, 0.05) is 19.2 Å². The second kappa shape index (κ2) is 9.09. The van der Waals surface area contributed by atoms with Gasteiger partial charge in [0.25, 0.3) is 0 Å². The van der Waals surface area contributed by atoms with Crippen molar-refractivity contribution >= 4 is 5.91 Å². The van der Waals surface area contributed by atoms with Crippen molar-refractivity contribution in [3.05, 3.63) is 64.6 Å². The maximum Gasteiger partial charge on any atom is 0.345 e. The molecule has 8 heteroatoms. The smallest absolute Gasteiger partial charge is 0.345 e. The summed E-state index contributed by atoms with van der Waals surface area (Å²) in [4.78, 5) is 24.6. The first-order chi connectivity index (χ1) is 14.0. The first-order valence-corrected chi connectivity index (χ1v) is 9.19. The molecule has 0 aliphatic carbocycles. The Kier molecular flexibility index (Phi) is 6.33. The number of nitrogens with one attached hydrogen (secondary N) is 1. The minimum absolute atomic E-state index is 0.116. The molecule has 0 unspecified atom stereocenters. The molecule has 0 aliphatic heterocycles. The van der Waals surface area contributed by atoms with Crippen molar-refractivity contribution in [2.75, 3.05) is 20.8 Å². The van der Waals surface area contributed by atoms with Crippen LogP contribution < -0.4 is 20.5 Å². The second-order valence-corrected chi connectivity index (χ2v) is 6.49. The first-order valence-electron chi connectivity index (χ1n) is 9.19. The van der Waals surface area contributed by atoms with E-state index in [1.165, 1.54) is 9.25 Å². The van der Waals surface area contributed by atoms with Crippen molar-refractivity contribution in [3.8, 4) is 22.9 Å². The Balaban J connectivity index is 1.58. The number of hydrogen-bond acceptors (Lipinski definition) is 5. The molecule has 1 heterocycles. The molecule has 1 aromatic heterocycles. The lowest BCUT2D eigenvalue weighted by molar-refractivity contribution is -0.120. The van der Waals surface area contributed by atoms with E-state index in [2.05, 4.69) is 10.4 Å². The second-order valence-electron chi connectivity index (χ2n) is 6.49. The molecule has 0 aliphatic rings. The van der Waals surface area contributed by atoms with Crippen molar-refractivity contribution < 1.29 is 14.3 Å². The summed E-state index contributed by atoms with van der Waals surface area (Å²) in [5, 5.41) is 7.22. The topological polar surface area (TPSA) is 87.4 Å². The third-order valence-electron chi connectivity index (χ3n) is 4.56. The van der Waals surface area contributed by atoms with Gasteiger partial charge < -0.3 is 14.8 Å². The molecule has 152 valence electrons. The summed E-state index contributed by atoms with van der Waals surface area (Å²) in [6, 6.07) is 14.7. The quantitative estimate of drug-likeness (QED) is 0.625. The molecule has 3 aromatic rings. The van der Waals surface area contributed by atoms with Crippen molar-refractivity contribution in [1.82, 2.24) is 19.7 Å². The van der Waals surface area contributed by atoms with E-state index >= 15 is 0 Å². The molecular formula is C21H24N4O4. The number of nitrogens with zero attached hydrogens (tertiary/aromatic N) is 3. The number of rotatable bonds is 8. The SMILES string of the molecule is COc1ccc(CC(=O)NCCn2nc(-c3ccc(OC)cc3)n(C)c2=O)cc1. The summed E-state index contributed by atoms with van der Waals surface area (Å²) < 4.78 is 13.1. The summed E-state index contributed by atoms with van der Waals surface area (Å²) in [5.41, 5.74) is 1.47. The fraction of sp³-hybridized carbons (Fsp3) is 0.286. The lowest BCUT2D eigenvalue weighted by Gasteiger charge is -2.06. The highest BCUT2D eigenvalue weighted by atomic mass is 16.5. The van der Waals surface area contributed by atoms with Crippen LogP contribution in [0.15, 0.2) is 53.3 Å². The molecule has 29 heavy (non-hydrogen) atoms. The van der Waals surface area contributed by atoms with E-state index in [9.17, 15) is 9.59 Å². The molecule has 1 N–H and O–H groups in total. The summed E-state index contributed by atoms with van der Waals surface area (Å²) in [5.74, 6) is 1.92.